The summed E-state index contributed by atoms with van der Waals surface area (Å²) in [6.45, 7) is 3.80. The van der Waals surface area contributed by atoms with Gasteiger partial charge >= 0.3 is 0 Å². The first-order valence-corrected chi connectivity index (χ1v) is 8.22. The van der Waals surface area contributed by atoms with Crippen LogP contribution in [0.15, 0.2) is 30.3 Å². The van der Waals surface area contributed by atoms with E-state index >= 15 is 0 Å². The van der Waals surface area contributed by atoms with Crippen molar-refractivity contribution in [2.24, 2.45) is 0 Å². The first-order valence-electron chi connectivity index (χ1n) is 6.16. The van der Waals surface area contributed by atoms with Crippen LogP contribution in [-0.4, -0.2) is 31.5 Å². The number of fused-ring (bicyclic) bond motifs is 1. The van der Waals surface area contributed by atoms with E-state index in [9.17, 15) is 8.42 Å². The van der Waals surface area contributed by atoms with Crippen LogP contribution in [0.1, 0.15) is 12.6 Å². The van der Waals surface area contributed by atoms with Crippen molar-refractivity contribution in [2.45, 2.75) is 19.9 Å². The number of aromatic nitrogens is 1. The van der Waals surface area contributed by atoms with E-state index in [-0.39, 0.29) is 11.8 Å². The molecular formula is C14H18N2O2S. The Bertz CT molecular complexity index is 696. The highest BCUT2D eigenvalue weighted by Crippen LogP contribution is 2.22. The molecule has 0 spiro atoms. The molecule has 19 heavy (non-hydrogen) atoms. The van der Waals surface area contributed by atoms with Crippen LogP contribution in [0.25, 0.3) is 10.9 Å². The molecular weight excluding hydrogens is 260 g/mol. The number of hydrogen-bond acceptors (Lipinski definition) is 4. The number of benzene rings is 1. The predicted octanol–water partition coefficient (Wildman–Crippen LogP) is 2.39. The fourth-order valence-electron chi connectivity index (χ4n) is 2.12. The molecule has 2 rings (SSSR count). The van der Waals surface area contributed by atoms with Crippen molar-refractivity contribution < 1.29 is 8.42 Å². The van der Waals surface area contributed by atoms with Gasteiger partial charge in [0, 0.05) is 23.4 Å². The van der Waals surface area contributed by atoms with Crippen LogP contribution in [0.3, 0.4) is 0 Å². The Morgan fingerprint density at radius 2 is 2.00 bits per heavy atom. The standard InChI is InChI=1S/C14H18N2O2S/c1-10-7-8-12-5-4-6-13(14(12)16-10)15-11(2)9-19(3,17)18/h4-8,11,15H,9H2,1-3H3. The molecule has 0 amide bonds. The summed E-state index contributed by atoms with van der Waals surface area (Å²) >= 11 is 0. The van der Waals surface area contributed by atoms with E-state index in [1.165, 1.54) is 6.26 Å². The zero-order valence-corrected chi connectivity index (χ0v) is 12.2. The normalized spacial score (nSPS) is 13.4. The second-order valence-corrected chi connectivity index (χ2v) is 7.15. The van der Waals surface area contributed by atoms with Gasteiger partial charge < -0.3 is 5.32 Å². The molecule has 0 aliphatic carbocycles. The molecule has 1 aromatic heterocycles. The van der Waals surface area contributed by atoms with Crippen molar-refractivity contribution in [3.63, 3.8) is 0 Å². The molecule has 0 bridgehead atoms. The Balaban J connectivity index is 2.32. The maximum absolute atomic E-state index is 11.3. The molecule has 0 saturated heterocycles. The Kier molecular flexibility index (Phi) is 3.75. The Morgan fingerprint density at radius 3 is 2.68 bits per heavy atom. The van der Waals surface area contributed by atoms with E-state index in [0.717, 1.165) is 22.3 Å². The largest absolute Gasteiger partial charge is 0.380 e. The minimum Gasteiger partial charge on any atom is -0.380 e. The minimum atomic E-state index is -2.99. The van der Waals surface area contributed by atoms with Crippen molar-refractivity contribution in [1.82, 2.24) is 4.98 Å². The summed E-state index contributed by atoms with van der Waals surface area (Å²) in [6, 6.07) is 9.69. The lowest BCUT2D eigenvalue weighted by Gasteiger charge is -2.15. The van der Waals surface area contributed by atoms with E-state index < -0.39 is 9.84 Å². The lowest BCUT2D eigenvalue weighted by Crippen LogP contribution is -2.25. The number of nitrogens with zero attached hydrogens (tertiary/aromatic N) is 1. The van der Waals surface area contributed by atoms with E-state index in [1.807, 2.05) is 44.2 Å². The average Bonchev–Trinajstić information content (AvgIpc) is 2.27. The monoisotopic (exact) mass is 278 g/mol. The molecule has 1 unspecified atom stereocenters. The molecule has 0 aliphatic heterocycles. The summed E-state index contributed by atoms with van der Waals surface area (Å²) in [5.74, 6) is 0.106. The van der Waals surface area contributed by atoms with Crippen molar-refractivity contribution in [2.75, 3.05) is 17.3 Å². The van der Waals surface area contributed by atoms with E-state index in [0.29, 0.717) is 0 Å². The smallest absolute Gasteiger partial charge is 0.149 e. The van der Waals surface area contributed by atoms with Crippen LogP contribution >= 0.6 is 0 Å². The number of para-hydroxylation sites is 1. The third-order valence-corrected chi connectivity index (χ3v) is 3.92. The topological polar surface area (TPSA) is 59.1 Å². The summed E-state index contributed by atoms with van der Waals surface area (Å²) in [7, 11) is -2.99. The van der Waals surface area contributed by atoms with Gasteiger partial charge in [0.05, 0.1) is 17.0 Å². The fourth-order valence-corrected chi connectivity index (χ4v) is 3.11. The molecule has 2 aromatic rings. The van der Waals surface area contributed by atoms with Gasteiger partial charge in [-0.2, -0.15) is 0 Å². The third kappa shape index (κ3) is 3.67. The number of sulfone groups is 1. The van der Waals surface area contributed by atoms with Gasteiger partial charge in [-0.05, 0) is 26.0 Å². The second-order valence-electron chi connectivity index (χ2n) is 4.97. The highest BCUT2D eigenvalue weighted by molar-refractivity contribution is 7.90. The zero-order valence-electron chi connectivity index (χ0n) is 11.3. The zero-order chi connectivity index (χ0) is 14.0. The summed E-state index contributed by atoms with van der Waals surface area (Å²) in [4.78, 5) is 4.51. The number of pyridine rings is 1. The van der Waals surface area contributed by atoms with Crippen molar-refractivity contribution in [3.05, 3.63) is 36.0 Å². The SMILES string of the molecule is Cc1ccc2cccc(NC(C)CS(C)(=O)=O)c2n1. The van der Waals surface area contributed by atoms with Crippen LogP contribution in [-0.2, 0) is 9.84 Å². The number of aryl methyl sites for hydroxylation is 1. The molecule has 102 valence electrons. The quantitative estimate of drug-likeness (QED) is 0.933. The molecule has 1 heterocycles. The van der Waals surface area contributed by atoms with Crippen LogP contribution < -0.4 is 5.32 Å². The van der Waals surface area contributed by atoms with Crippen LogP contribution in [0.5, 0.6) is 0 Å². The molecule has 0 aliphatic rings. The Labute approximate surface area is 113 Å². The van der Waals surface area contributed by atoms with E-state index in [4.69, 9.17) is 0 Å². The highest BCUT2D eigenvalue weighted by atomic mass is 32.2. The fraction of sp³-hybridized carbons (Fsp3) is 0.357. The van der Waals surface area contributed by atoms with Gasteiger partial charge in [-0.15, -0.1) is 0 Å². The van der Waals surface area contributed by atoms with Crippen molar-refractivity contribution in [3.8, 4) is 0 Å². The Morgan fingerprint density at radius 1 is 1.26 bits per heavy atom. The number of rotatable bonds is 4. The van der Waals surface area contributed by atoms with Gasteiger partial charge in [-0.3, -0.25) is 4.98 Å². The molecule has 0 saturated carbocycles. The number of hydrogen-bond donors (Lipinski definition) is 1. The molecule has 1 aromatic carbocycles. The lowest BCUT2D eigenvalue weighted by atomic mass is 10.1. The Hall–Kier alpha value is -1.62. The van der Waals surface area contributed by atoms with E-state index in [1.54, 1.807) is 0 Å². The maximum Gasteiger partial charge on any atom is 0.149 e. The molecule has 1 atom stereocenters. The highest BCUT2D eigenvalue weighted by Gasteiger charge is 2.12. The summed E-state index contributed by atoms with van der Waals surface area (Å²) in [5.41, 5.74) is 2.69. The maximum atomic E-state index is 11.3. The van der Waals surface area contributed by atoms with Gasteiger partial charge in [0.1, 0.15) is 9.84 Å². The molecule has 1 N–H and O–H groups in total. The average molecular weight is 278 g/mol. The molecule has 4 nitrogen and oxygen atoms in total. The summed E-state index contributed by atoms with van der Waals surface area (Å²) in [6.07, 6.45) is 1.25. The molecule has 5 heteroatoms. The van der Waals surface area contributed by atoms with Crippen LogP contribution in [0, 0.1) is 6.92 Å². The third-order valence-electron chi connectivity index (χ3n) is 2.81. The van der Waals surface area contributed by atoms with Crippen molar-refractivity contribution >= 4 is 26.4 Å². The minimum absolute atomic E-state index is 0.106. The molecule has 0 fully saturated rings. The first kappa shape index (κ1) is 13.8. The number of anilines is 1. The lowest BCUT2D eigenvalue weighted by molar-refractivity contribution is 0.598. The van der Waals surface area contributed by atoms with Crippen LogP contribution in [0.4, 0.5) is 5.69 Å². The number of nitrogens with one attached hydrogen (secondary N) is 1. The van der Waals surface area contributed by atoms with Gasteiger partial charge in [-0.25, -0.2) is 8.42 Å². The summed E-state index contributed by atoms with van der Waals surface area (Å²) in [5, 5.41) is 4.27. The van der Waals surface area contributed by atoms with Gasteiger partial charge in [0.25, 0.3) is 0 Å². The second kappa shape index (κ2) is 5.17. The van der Waals surface area contributed by atoms with Gasteiger partial charge in [0.15, 0.2) is 0 Å². The summed E-state index contributed by atoms with van der Waals surface area (Å²) < 4.78 is 22.6. The van der Waals surface area contributed by atoms with Gasteiger partial charge in [0.2, 0.25) is 0 Å². The van der Waals surface area contributed by atoms with Gasteiger partial charge in [-0.1, -0.05) is 18.2 Å². The van der Waals surface area contributed by atoms with E-state index in [2.05, 4.69) is 10.3 Å². The molecule has 0 radical (unpaired) electrons. The first-order chi connectivity index (χ1) is 8.85. The predicted molar refractivity (Wildman–Crippen MR) is 79.3 cm³/mol. The van der Waals surface area contributed by atoms with Crippen molar-refractivity contribution in [1.29, 1.82) is 0 Å². The van der Waals surface area contributed by atoms with Crippen LogP contribution in [0.2, 0.25) is 0 Å².